The van der Waals surface area contributed by atoms with E-state index in [2.05, 4.69) is 0 Å². The van der Waals surface area contributed by atoms with Crippen LogP contribution in [0.15, 0.2) is 78.9 Å². The summed E-state index contributed by atoms with van der Waals surface area (Å²) in [5.74, 6) is -5.31. The first kappa shape index (κ1) is 22.5. The van der Waals surface area contributed by atoms with E-state index in [-0.39, 0.29) is 12.5 Å². The third-order valence-electron chi connectivity index (χ3n) is 5.89. The summed E-state index contributed by atoms with van der Waals surface area (Å²) < 4.78 is 34.7. The number of carboxylic acids is 1. The van der Waals surface area contributed by atoms with Crippen molar-refractivity contribution in [3.05, 3.63) is 95.6 Å². The molecule has 4 rings (SSSR count). The van der Waals surface area contributed by atoms with Gasteiger partial charge in [0.1, 0.15) is 12.8 Å². The molecule has 2 atom stereocenters. The fraction of sp³-hybridized carbons (Fsp3) is 0.231. The molecule has 0 aliphatic heterocycles. The molecule has 7 heteroatoms. The van der Waals surface area contributed by atoms with Crippen molar-refractivity contribution >= 4 is 12.1 Å². The SMILES string of the molecule is O=C(NC(F)(CCC(F)c1ccccc1)C(=O)O)OCC1c2ccccc2-c2ccccc21. The van der Waals surface area contributed by atoms with Crippen molar-refractivity contribution in [2.75, 3.05) is 6.61 Å². The average molecular weight is 451 g/mol. The van der Waals surface area contributed by atoms with Gasteiger partial charge in [0.05, 0.1) is 0 Å². The number of fused-ring (bicyclic) bond motifs is 3. The molecule has 1 amide bonds. The maximum atomic E-state index is 15.0. The molecule has 0 saturated heterocycles. The second-order valence-electron chi connectivity index (χ2n) is 7.97. The normalized spacial score (nSPS) is 15.1. The molecular formula is C26H23F2NO4. The van der Waals surface area contributed by atoms with Crippen LogP contribution in [0.2, 0.25) is 0 Å². The second kappa shape index (κ2) is 9.40. The van der Waals surface area contributed by atoms with E-state index in [4.69, 9.17) is 4.74 Å². The topological polar surface area (TPSA) is 75.6 Å². The molecule has 0 heterocycles. The summed E-state index contributed by atoms with van der Waals surface area (Å²) in [6.07, 6.45) is -3.94. The van der Waals surface area contributed by atoms with Gasteiger partial charge in [-0.25, -0.2) is 18.4 Å². The average Bonchev–Trinajstić information content (AvgIpc) is 3.15. The minimum absolute atomic E-state index is 0.0920. The van der Waals surface area contributed by atoms with Gasteiger partial charge in [0.25, 0.3) is 5.79 Å². The largest absolute Gasteiger partial charge is 0.477 e. The fourth-order valence-corrected chi connectivity index (χ4v) is 4.17. The van der Waals surface area contributed by atoms with Gasteiger partial charge >= 0.3 is 12.1 Å². The van der Waals surface area contributed by atoms with E-state index in [1.54, 1.807) is 23.5 Å². The Morgan fingerprint density at radius 1 is 0.939 bits per heavy atom. The van der Waals surface area contributed by atoms with Gasteiger partial charge in [0, 0.05) is 12.3 Å². The van der Waals surface area contributed by atoms with E-state index >= 15 is 4.39 Å². The number of rotatable bonds is 8. The van der Waals surface area contributed by atoms with E-state index < -0.39 is 36.9 Å². The van der Waals surface area contributed by atoms with E-state index in [0.717, 1.165) is 22.3 Å². The number of halogens is 2. The molecule has 0 saturated carbocycles. The molecule has 3 aromatic rings. The lowest BCUT2D eigenvalue weighted by Crippen LogP contribution is -2.51. The molecular weight excluding hydrogens is 428 g/mol. The van der Waals surface area contributed by atoms with Crippen molar-refractivity contribution in [1.29, 1.82) is 0 Å². The molecule has 0 bridgehead atoms. The number of alkyl halides is 2. The molecule has 0 spiro atoms. The van der Waals surface area contributed by atoms with Crippen LogP contribution in [0.3, 0.4) is 0 Å². The zero-order valence-electron chi connectivity index (χ0n) is 17.7. The molecule has 2 unspecified atom stereocenters. The molecule has 3 aromatic carbocycles. The van der Waals surface area contributed by atoms with Crippen molar-refractivity contribution in [3.63, 3.8) is 0 Å². The van der Waals surface area contributed by atoms with Crippen LogP contribution in [0.25, 0.3) is 11.1 Å². The number of hydrogen-bond acceptors (Lipinski definition) is 3. The first-order valence-electron chi connectivity index (χ1n) is 10.6. The van der Waals surface area contributed by atoms with Gasteiger partial charge in [-0.1, -0.05) is 78.9 Å². The van der Waals surface area contributed by atoms with Gasteiger partial charge in [0.15, 0.2) is 0 Å². The highest BCUT2D eigenvalue weighted by molar-refractivity contribution is 5.83. The highest BCUT2D eigenvalue weighted by Gasteiger charge is 2.42. The van der Waals surface area contributed by atoms with E-state index in [9.17, 15) is 19.1 Å². The Hall–Kier alpha value is -3.74. The standard InChI is InChI=1S/C26H23F2NO4/c27-23(17-8-2-1-3-9-17)14-15-26(28,24(30)31)29-25(32)33-16-22-20-12-6-4-10-18(20)19-11-5-7-13-21(19)22/h1-13,22-23H,14-16H2,(H,29,32)(H,30,31). The summed E-state index contributed by atoms with van der Waals surface area (Å²) in [6, 6.07) is 23.5. The number of carboxylic acid groups (broad SMARTS) is 1. The number of aliphatic carboxylic acids is 1. The van der Waals surface area contributed by atoms with Gasteiger partial charge in [-0.15, -0.1) is 0 Å². The molecule has 0 aromatic heterocycles. The van der Waals surface area contributed by atoms with Crippen LogP contribution < -0.4 is 5.32 Å². The Labute approximate surface area is 190 Å². The zero-order valence-corrected chi connectivity index (χ0v) is 17.7. The number of carbonyl (C=O) groups is 2. The predicted octanol–water partition coefficient (Wildman–Crippen LogP) is 5.77. The quantitative estimate of drug-likeness (QED) is 0.427. The van der Waals surface area contributed by atoms with Gasteiger partial charge in [-0.2, -0.15) is 0 Å². The van der Waals surface area contributed by atoms with Crippen molar-refractivity contribution in [1.82, 2.24) is 5.32 Å². The number of amides is 1. The lowest BCUT2D eigenvalue weighted by atomic mass is 9.98. The van der Waals surface area contributed by atoms with E-state index in [0.29, 0.717) is 5.56 Å². The maximum absolute atomic E-state index is 15.0. The van der Waals surface area contributed by atoms with E-state index in [1.165, 1.54) is 12.1 Å². The monoisotopic (exact) mass is 451 g/mol. The van der Waals surface area contributed by atoms with Gasteiger partial charge in [-0.05, 0) is 34.2 Å². The van der Waals surface area contributed by atoms with Gasteiger partial charge in [-0.3, -0.25) is 5.32 Å². The Kier molecular flexibility index (Phi) is 6.40. The zero-order chi connectivity index (χ0) is 23.4. The van der Waals surface area contributed by atoms with Gasteiger partial charge < -0.3 is 9.84 Å². The van der Waals surface area contributed by atoms with Crippen LogP contribution in [0.5, 0.6) is 0 Å². The summed E-state index contributed by atoms with van der Waals surface area (Å²) in [6.45, 7) is -0.0920. The Bertz CT molecular complexity index is 1110. The van der Waals surface area contributed by atoms with E-state index in [1.807, 2.05) is 48.5 Å². The molecule has 0 radical (unpaired) electrons. The van der Waals surface area contributed by atoms with Crippen LogP contribution in [-0.2, 0) is 9.53 Å². The van der Waals surface area contributed by atoms with Crippen LogP contribution in [0, 0.1) is 0 Å². The summed E-state index contributed by atoms with van der Waals surface area (Å²) in [5.41, 5.74) is 4.31. The number of benzene rings is 3. The smallest absolute Gasteiger partial charge is 0.410 e. The molecule has 170 valence electrons. The highest BCUT2D eigenvalue weighted by Crippen LogP contribution is 2.44. The van der Waals surface area contributed by atoms with Crippen molar-refractivity contribution in [2.45, 2.75) is 30.7 Å². The molecule has 1 aliphatic rings. The Morgan fingerprint density at radius 2 is 1.48 bits per heavy atom. The summed E-state index contributed by atoms with van der Waals surface area (Å²) in [5, 5.41) is 11.1. The van der Waals surface area contributed by atoms with Crippen molar-refractivity contribution in [3.8, 4) is 11.1 Å². The fourth-order valence-electron chi connectivity index (χ4n) is 4.17. The summed E-state index contributed by atoms with van der Waals surface area (Å²) >= 11 is 0. The highest BCUT2D eigenvalue weighted by atomic mass is 19.1. The third-order valence-corrected chi connectivity index (χ3v) is 5.89. The molecule has 33 heavy (non-hydrogen) atoms. The number of alkyl carbamates (subject to hydrolysis) is 1. The first-order valence-corrected chi connectivity index (χ1v) is 10.6. The van der Waals surface area contributed by atoms with Crippen LogP contribution in [0.4, 0.5) is 13.6 Å². The third kappa shape index (κ3) is 4.72. The number of hydrogen-bond donors (Lipinski definition) is 2. The molecule has 1 aliphatic carbocycles. The summed E-state index contributed by atoms with van der Waals surface area (Å²) in [4.78, 5) is 23.9. The number of carbonyl (C=O) groups excluding carboxylic acids is 1. The lowest BCUT2D eigenvalue weighted by Gasteiger charge is -2.23. The molecule has 2 N–H and O–H groups in total. The Morgan fingerprint density at radius 3 is 2.06 bits per heavy atom. The predicted molar refractivity (Wildman–Crippen MR) is 119 cm³/mol. The minimum Gasteiger partial charge on any atom is -0.477 e. The van der Waals surface area contributed by atoms with Gasteiger partial charge in [0.2, 0.25) is 0 Å². The van der Waals surface area contributed by atoms with Crippen LogP contribution in [-0.4, -0.2) is 29.6 Å². The minimum atomic E-state index is -3.15. The molecule has 5 nitrogen and oxygen atoms in total. The van der Waals surface area contributed by atoms with Crippen molar-refractivity contribution in [2.24, 2.45) is 0 Å². The number of ether oxygens (including phenoxy) is 1. The second-order valence-corrected chi connectivity index (χ2v) is 7.97. The maximum Gasteiger partial charge on any atom is 0.410 e. The first-order chi connectivity index (χ1) is 15.9. The lowest BCUT2D eigenvalue weighted by molar-refractivity contribution is -0.153. The van der Waals surface area contributed by atoms with Crippen LogP contribution >= 0.6 is 0 Å². The van der Waals surface area contributed by atoms with Crippen LogP contribution in [0.1, 0.15) is 41.6 Å². The summed E-state index contributed by atoms with van der Waals surface area (Å²) in [7, 11) is 0. The number of nitrogens with one attached hydrogen (secondary N) is 1. The molecule has 0 fully saturated rings. The van der Waals surface area contributed by atoms with Crippen molar-refractivity contribution < 1.29 is 28.2 Å². The Balaban J connectivity index is 1.40.